The smallest absolute Gasteiger partial charge is 0.343 e. The molecular formula is C12H14O9. The third kappa shape index (κ3) is 3.08. The molecule has 1 aromatic carbocycles. The van der Waals surface area contributed by atoms with Crippen molar-refractivity contribution in [2.75, 3.05) is 13.7 Å². The van der Waals surface area contributed by atoms with Crippen molar-refractivity contribution in [2.45, 2.75) is 13.0 Å². The van der Waals surface area contributed by atoms with Crippen LogP contribution < -0.4 is 0 Å². The van der Waals surface area contributed by atoms with Crippen molar-refractivity contribution in [3.05, 3.63) is 11.1 Å². The number of hydrogen-bond acceptors (Lipinski definition) is 8. The Hall–Kier alpha value is -2.68. The second-order valence-electron chi connectivity index (χ2n) is 4.12. The second-order valence-corrected chi connectivity index (χ2v) is 4.12. The number of aromatic hydroxyl groups is 4. The maximum absolute atomic E-state index is 11.9. The van der Waals surface area contributed by atoms with Gasteiger partial charge < -0.3 is 35.0 Å². The van der Waals surface area contributed by atoms with E-state index >= 15 is 0 Å². The summed E-state index contributed by atoms with van der Waals surface area (Å²) in [4.78, 5) is 23.0. The zero-order valence-corrected chi connectivity index (χ0v) is 11.2. The topological polar surface area (TPSA) is 154 Å². The number of phenols is 4. The highest BCUT2D eigenvalue weighted by molar-refractivity contribution is 6.08. The maximum atomic E-state index is 11.9. The molecule has 0 fully saturated rings. The Morgan fingerprint density at radius 1 is 1.00 bits per heavy atom. The van der Waals surface area contributed by atoms with Crippen LogP contribution in [0.15, 0.2) is 0 Å². The van der Waals surface area contributed by atoms with Crippen LogP contribution in [-0.2, 0) is 9.47 Å². The fourth-order valence-corrected chi connectivity index (χ4v) is 1.62. The molecule has 116 valence electrons. The predicted octanol–water partition coefficient (Wildman–Crippen LogP) is 0.399. The predicted molar refractivity (Wildman–Crippen MR) is 66.8 cm³/mol. The molecule has 0 spiro atoms. The maximum Gasteiger partial charge on any atom is 0.343 e. The number of carbonyl (C=O) groups is 2. The first-order chi connectivity index (χ1) is 9.72. The Labute approximate surface area is 118 Å². The fourth-order valence-electron chi connectivity index (χ4n) is 1.62. The zero-order valence-electron chi connectivity index (χ0n) is 11.2. The molecule has 0 bridgehead atoms. The molecule has 0 saturated carbocycles. The van der Waals surface area contributed by atoms with Gasteiger partial charge in [-0.15, -0.1) is 0 Å². The van der Waals surface area contributed by atoms with E-state index in [-0.39, 0.29) is 6.61 Å². The van der Waals surface area contributed by atoms with Gasteiger partial charge in [0, 0.05) is 7.11 Å². The SMILES string of the molecule is COCC(C)OC(=O)c1c(O)c(O)c(O)c(O)c1C(=O)O. The molecule has 1 rings (SSSR count). The number of hydrogen-bond donors (Lipinski definition) is 5. The minimum absolute atomic E-state index is 0.00492. The van der Waals surface area contributed by atoms with E-state index in [9.17, 15) is 30.0 Å². The van der Waals surface area contributed by atoms with Gasteiger partial charge in [-0.3, -0.25) is 0 Å². The van der Waals surface area contributed by atoms with Gasteiger partial charge in [-0.05, 0) is 6.92 Å². The van der Waals surface area contributed by atoms with E-state index in [2.05, 4.69) is 0 Å². The monoisotopic (exact) mass is 302 g/mol. The van der Waals surface area contributed by atoms with Gasteiger partial charge in [-0.25, -0.2) is 9.59 Å². The summed E-state index contributed by atoms with van der Waals surface area (Å²) in [6.45, 7) is 1.45. The Kier molecular flexibility index (Phi) is 4.82. The zero-order chi connectivity index (χ0) is 16.3. The average Bonchev–Trinajstić information content (AvgIpc) is 2.39. The van der Waals surface area contributed by atoms with Crippen molar-refractivity contribution < 1.29 is 44.6 Å². The van der Waals surface area contributed by atoms with Crippen molar-refractivity contribution in [2.24, 2.45) is 0 Å². The molecule has 0 heterocycles. The van der Waals surface area contributed by atoms with Crippen LogP contribution in [0.3, 0.4) is 0 Å². The van der Waals surface area contributed by atoms with Gasteiger partial charge >= 0.3 is 11.9 Å². The van der Waals surface area contributed by atoms with Crippen molar-refractivity contribution in [1.29, 1.82) is 0 Å². The third-order valence-electron chi connectivity index (χ3n) is 2.52. The van der Waals surface area contributed by atoms with Gasteiger partial charge in [-0.1, -0.05) is 0 Å². The number of benzene rings is 1. The normalized spacial score (nSPS) is 11.9. The van der Waals surface area contributed by atoms with Crippen LogP contribution in [0, 0.1) is 0 Å². The molecule has 0 aliphatic rings. The van der Waals surface area contributed by atoms with Gasteiger partial charge in [-0.2, -0.15) is 0 Å². The summed E-state index contributed by atoms with van der Waals surface area (Å²) >= 11 is 0. The summed E-state index contributed by atoms with van der Waals surface area (Å²) in [7, 11) is 1.35. The molecule has 0 aromatic heterocycles. The molecule has 9 nitrogen and oxygen atoms in total. The molecule has 1 atom stereocenters. The van der Waals surface area contributed by atoms with Gasteiger partial charge in [0.2, 0.25) is 11.5 Å². The van der Waals surface area contributed by atoms with Gasteiger partial charge in [0.25, 0.3) is 0 Å². The number of carboxylic acids is 1. The fraction of sp³-hybridized carbons (Fsp3) is 0.333. The Bertz CT molecular complexity index is 579. The van der Waals surface area contributed by atoms with Crippen LogP contribution in [0.1, 0.15) is 27.6 Å². The summed E-state index contributed by atoms with van der Waals surface area (Å²) in [5.41, 5.74) is -2.06. The van der Waals surface area contributed by atoms with Crippen LogP contribution in [0.2, 0.25) is 0 Å². The first-order valence-corrected chi connectivity index (χ1v) is 5.65. The van der Waals surface area contributed by atoms with E-state index in [0.29, 0.717) is 0 Å². The summed E-state index contributed by atoms with van der Waals surface area (Å²) in [6, 6.07) is 0. The summed E-state index contributed by atoms with van der Waals surface area (Å²) in [5, 5.41) is 46.8. The lowest BCUT2D eigenvalue weighted by molar-refractivity contribution is 0.0113. The van der Waals surface area contributed by atoms with Crippen LogP contribution in [-0.4, -0.2) is 57.3 Å². The molecular weight excluding hydrogens is 288 g/mol. The molecule has 5 N–H and O–H groups in total. The van der Waals surface area contributed by atoms with Crippen molar-refractivity contribution in [1.82, 2.24) is 0 Å². The van der Waals surface area contributed by atoms with E-state index in [1.165, 1.54) is 14.0 Å². The van der Waals surface area contributed by atoms with Crippen LogP contribution in [0.25, 0.3) is 0 Å². The molecule has 0 amide bonds. The molecule has 0 aliphatic carbocycles. The standard InChI is InChI=1S/C12H14O9/c1-4(3-20-2)21-12(19)6-5(11(17)18)7(13)9(15)10(16)8(6)14/h4,13-16H,3H2,1-2H3,(H,17,18). The van der Waals surface area contributed by atoms with Crippen LogP contribution in [0.5, 0.6) is 23.0 Å². The molecule has 9 heteroatoms. The number of esters is 1. The first-order valence-electron chi connectivity index (χ1n) is 5.65. The van der Waals surface area contributed by atoms with E-state index in [1.54, 1.807) is 0 Å². The summed E-state index contributed by atoms with van der Waals surface area (Å²) < 4.78 is 9.53. The number of rotatable bonds is 5. The molecule has 1 aromatic rings. The lowest BCUT2D eigenvalue weighted by atomic mass is 10.0. The van der Waals surface area contributed by atoms with E-state index in [4.69, 9.17) is 14.6 Å². The molecule has 1 unspecified atom stereocenters. The highest BCUT2D eigenvalue weighted by Gasteiger charge is 2.32. The minimum atomic E-state index is -1.80. The number of carbonyl (C=O) groups excluding carboxylic acids is 1. The summed E-state index contributed by atoms with van der Waals surface area (Å²) in [6.07, 6.45) is -0.776. The summed E-state index contributed by atoms with van der Waals surface area (Å²) in [5.74, 6) is -8.07. The number of carboxylic acid groups (broad SMARTS) is 1. The van der Waals surface area contributed by atoms with Crippen LogP contribution in [0.4, 0.5) is 0 Å². The molecule has 0 radical (unpaired) electrons. The highest BCUT2D eigenvalue weighted by atomic mass is 16.6. The Morgan fingerprint density at radius 2 is 1.48 bits per heavy atom. The number of ether oxygens (including phenoxy) is 2. The number of phenolic OH excluding ortho intramolecular Hbond substituents is 3. The van der Waals surface area contributed by atoms with E-state index < -0.39 is 52.2 Å². The largest absolute Gasteiger partial charge is 0.504 e. The van der Waals surface area contributed by atoms with Crippen molar-refractivity contribution in [3.63, 3.8) is 0 Å². The van der Waals surface area contributed by atoms with Crippen LogP contribution >= 0.6 is 0 Å². The second kappa shape index (κ2) is 6.18. The highest BCUT2D eigenvalue weighted by Crippen LogP contribution is 2.47. The van der Waals surface area contributed by atoms with E-state index in [1.807, 2.05) is 0 Å². The molecule has 0 saturated heterocycles. The minimum Gasteiger partial charge on any atom is -0.504 e. The Morgan fingerprint density at radius 3 is 1.90 bits per heavy atom. The number of methoxy groups -OCH3 is 1. The molecule has 21 heavy (non-hydrogen) atoms. The van der Waals surface area contributed by atoms with Gasteiger partial charge in [0.05, 0.1) is 6.61 Å². The van der Waals surface area contributed by atoms with Gasteiger partial charge in [0.15, 0.2) is 11.5 Å². The quantitative estimate of drug-likeness (QED) is 0.295. The van der Waals surface area contributed by atoms with Crippen molar-refractivity contribution >= 4 is 11.9 Å². The van der Waals surface area contributed by atoms with Gasteiger partial charge in [0.1, 0.15) is 17.2 Å². The molecule has 0 aliphatic heterocycles. The first kappa shape index (κ1) is 16.4. The lowest BCUT2D eigenvalue weighted by Gasteiger charge is -2.16. The third-order valence-corrected chi connectivity index (χ3v) is 2.52. The lowest BCUT2D eigenvalue weighted by Crippen LogP contribution is -2.21. The number of aromatic carboxylic acids is 1. The Balaban J connectivity index is 3.40. The van der Waals surface area contributed by atoms with E-state index in [0.717, 1.165) is 0 Å². The average molecular weight is 302 g/mol. The van der Waals surface area contributed by atoms with Crippen molar-refractivity contribution in [3.8, 4) is 23.0 Å².